The number of fused-ring (bicyclic) bond motifs is 1. The van der Waals surface area contributed by atoms with Crippen LogP contribution in [0.5, 0.6) is 0 Å². The van der Waals surface area contributed by atoms with Gasteiger partial charge in [0.2, 0.25) is 5.13 Å². The van der Waals surface area contributed by atoms with Crippen LogP contribution in [-0.4, -0.2) is 15.9 Å². The van der Waals surface area contributed by atoms with Gasteiger partial charge in [0.1, 0.15) is 0 Å². The summed E-state index contributed by atoms with van der Waals surface area (Å²) < 4.78 is 4.54. The summed E-state index contributed by atoms with van der Waals surface area (Å²) >= 11 is 1.49. The fraction of sp³-hybridized carbons (Fsp3) is 0.222. The lowest BCUT2D eigenvalue weighted by molar-refractivity contribution is 0.623. The van der Waals surface area contributed by atoms with E-state index in [1.54, 1.807) is 0 Å². The van der Waals surface area contributed by atoms with Crippen LogP contribution in [0.15, 0.2) is 54.6 Å². The zero-order valence-electron chi connectivity index (χ0n) is 12.4. The summed E-state index contributed by atoms with van der Waals surface area (Å²) in [6.45, 7) is 3.25. The molecule has 0 saturated carbocycles. The highest BCUT2D eigenvalue weighted by Gasteiger charge is 2.26. The lowest BCUT2D eigenvalue weighted by atomic mass is 9.94. The fourth-order valence-corrected chi connectivity index (χ4v) is 3.87. The lowest BCUT2D eigenvalue weighted by Gasteiger charge is -2.34. The summed E-state index contributed by atoms with van der Waals surface area (Å²) in [7, 11) is 0. The molecular formula is C18H17N3S. The number of hydrogen-bond acceptors (Lipinski definition) is 4. The Morgan fingerprint density at radius 3 is 2.68 bits per heavy atom. The van der Waals surface area contributed by atoms with E-state index in [9.17, 15) is 0 Å². The minimum Gasteiger partial charge on any atom is -0.340 e. The van der Waals surface area contributed by atoms with E-state index in [2.05, 4.69) is 52.6 Å². The number of nitrogens with zero attached hydrogens (tertiary/aromatic N) is 3. The van der Waals surface area contributed by atoms with Gasteiger partial charge in [-0.05, 0) is 24.5 Å². The topological polar surface area (TPSA) is 29.0 Å². The van der Waals surface area contributed by atoms with Gasteiger partial charge in [0, 0.05) is 23.6 Å². The summed E-state index contributed by atoms with van der Waals surface area (Å²) in [4.78, 5) is 7.13. The second-order valence-corrected chi connectivity index (χ2v) is 6.32. The van der Waals surface area contributed by atoms with Gasteiger partial charge in [-0.25, -0.2) is 0 Å². The van der Waals surface area contributed by atoms with Crippen molar-refractivity contribution < 1.29 is 0 Å². The second kappa shape index (κ2) is 5.54. The molecule has 2 heterocycles. The number of anilines is 1. The lowest BCUT2D eigenvalue weighted by Crippen LogP contribution is -2.33. The number of benzene rings is 2. The third kappa shape index (κ3) is 2.29. The molecule has 0 fully saturated rings. The highest BCUT2D eigenvalue weighted by Crippen LogP contribution is 2.35. The predicted octanol–water partition coefficient (Wildman–Crippen LogP) is 4.33. The van der Waals surface area contributed by atoms with Crippen molar-refractivity contribution in [2.45, 2.75) is 19.4 Å². The summed E-state index contributed by atoms with van der Waals surface area (Å²) in [5.41, 5.74) is 3.94. The molecule has 0 N–H and O–H groups in total. The molecule has 0 amide bonds. The molecule has 3 nitrogen and oxygen atoms in total. The SMILES string of the molecule is CC1c2ccccc2CCN1c1nc(-c2ccccc2)ns1. The molecule has 0 bridgehead atoms. The minimum atomic E-state index is 0.349. The molecule has 0 aliphatic carbocycles. The van der Waals surface area contributed by atoms with Crippen LogP contribution in [0.2, 0.25) is 0 Å². The normalized spacial score (nSPS) is 17.3. The van der Waals surface area contributed by atoms with Crippen molar-refractivity contribution in [3.8, 4) is 11.4 Å². The van der Waals surface area contributed by atoms with E-state index in [1.807, 2.05) is 18.2 Å². The maximum atomic E-state index is 4.76. The monoisotopic (exact) mass is 307 g/mol. The highest BCUT2D eigenvalue weighted by atomic mass is 32.1. The Kier molecular flexibility index (Phi) is 3.39. The maximum Gasteiger partial charge on any atom is 0.206 e. The average Bonchev–Trinajstić information content (AvgIpc) is 3.06. The van der Waals surface area contributed by atoms with Crippen molar-refractivity contribution >= 4 is 16.7 Å². The quantitative estimate of drug-likeness (QED) is 0.705. The first-order valence-electron chi connectivity index (χ1n) is 7.56. The molecule has 3 aromatic rings. The predicted molar refractivity (Wildman–Crippen MR) is 91.3 cm³/mol. The van der Waals surface area contributed by atoms with Gasteiger partial charge in [-0.2, -0.15) is 9.36 Å². The highest BCUT2D eigenvalue weighted by molar-refractivity contribution is 7.09. The molecule has 1 aliphatic heterocycles. The van der Waals surface area contributed by atoms with Crippen molar-refractivity contribution in [1.82, 2.24) is 9.36 Å². The van der Waals surface area contributed by atoms with Gasteiger partial charge >= 0.3 is 0 Å². The van der Waals surface area contributed by atoms with Crippen molar-refractivity contribution in [2.75, 3.05) is 11.4 Å². The molecule has 1 aromatic heterocycles. The van der Waals surface area contributed by atoms with Gasteiger partial charge in [0.25, 0.3) is 0 Å². The summed E-state index contributed by atoms with van der Waals surface area (Å²) in [6, 6.07) is 19.2. The molecule has 1 unspecified atom stereocenters. The third-order valence-electron chi connectivity index (χ3n) is 4.29. The van der Waals surface area contributed by atoms with Crippen LogP contribution in [0, 0.1) is 0 Å². The Bertz CT molecular complexity index is 782. The molecular weight excluding hydrogens is 290 g/mol. The molecule has 1 atom stereocenters. The zero-order chi connectivity index (χ0) is 14.9. The smallest absolute Gasteiger partial charge is 0.206 e. The van der Waals surface area contributed by atoms with E-state index in [-0.39, 0.29) is 0 Å². The first-order valence-corrected chi connectivity index (χ1v) is 8.34. The summed E-state index contributed by atoms with van der Waals surface area (Å²) in [5, 5.41) is 1.01. The molecule has 1 aliphatic rings. The van der Waals surface area contributed by atoms with Crippen LogP contribution in [0.3, 0.4) is 0 Å². The van der Waals surface area contributed by atoms with Gasteiger partial charge in [0.05, 0.1) is 6.04 Å². The van der Waals surface area contributed by atoms with Gasteiger partial charge in [-0.1, -0.05) is 54.6 Å². The van der Waals surface area contributed by atoms with Gasteiger partial charge in [-0.15, -0.1) is 0 Å². The van der Waals surface area contributed by atoms with E-state index in [0.29, 0.717) is 6.04 Å². The molecule has 4 heteroatoms. The van der Waals surface area contributed by atoms with Crippen LogP contribution >= 0.6 is 11.5 Å². The van der Waals surface area contributed by atoms with Gasteiger partial charge in [-0.3, -0.25) is 0 Å². The van der Waals surface area contributed by atoms with E-state index in [4.69, 9.17) is 4.98 Å². The van der Waals surface area contributed by atoms with Crippen LogP contribution in [-0.2, 0) is 6.42 Å². The van der Waals surface area contributed by atoms with Crippen molar-refractivity contribution in [1.29, 1.82) is 0 Å². The van der Waals surface area contributed by atoms with E-state index >= 15 is 0 Å². The standard InChI is InChI=1S/C18H17N3S/c1-13-16-10-6-5-7-14(16)11-12-21(13)18-19-17(20-22-18)15-8-3-2-4-9-15/h2-10,13H,11-12H2,1H3. The Hall–Kier alpha value is -2.20. The number of hydrogen-bond donors (Lipinski definition) is 0. The Morgan fingerprint density at radius 2 is 1.82 bits per heavy atom. The first-order chi connectivity index (χ1) is 10.8. The maximum absolute atomic E-state index is 4.76. The molecule has 22 heavy (non-hydrogen) atoms. The van der Waals surface area contributed by atoms with Crippen LogP contribution in [0.4, 0.5) is 5.13 Å². The zero-order valence-corrected chi connectivity index (χ0v) is 13.3. The average molecular weight is 307 g/mol. The molecule has 2 aromatic carbocycles. The van der Waals surface area contributed by atoms with Crippen molar-refractivity contribution in [2.24, 2.45) is 0 Å². The molecule has 0 saturated heterocycles. The number of aromatic nitrogens is 2. The Balaban J connectivity index is 1.65. The molecule has 0 radical (unpaired) electrons. The number of rotatable bonds is 2. The summed E-state index contributed by atoms with van der Waals surface area (Å²) in [6.07, 6.45) is 1.07. The molecule has 110 valence electrons. The van der Waals surface area contributed by atoms with Crippen molar-refractivity contribution in [3.05, 3.63) is 65.7 Å². The van der Waals surface area contributed by atoms with Gasteiger partial charge < -0.3 is 4.90 Å². The first kappa shape index (κ1) is 13.5. The Labute approximate surface area is 134 Å². The fourth-order valence-electron chi connectivity index (χ4n) is 3.07. The minimum absolute atomic E-state index is 0.349. The van der Waals surface area contributed by atoms with Gasteiger partial charge in [0.15, 0.2) is 5.82 Å². The largest absolute Gasteiger partial charge is 0.340 e. The van der Waals surface area contributed by atoms with Crippen molar-refractivity contribution in [3.63, 3.8) is 0 Å². The van der Waals surface area contributed by atoms with Crippen LogP contribution in [0.1, 0.15) is 24.1 Å². The molecule has 0 spiro atoms. The second-order valence-electron chi connectivity index (χ2n) is 5.58. The molecule has 4 rings (SSSR count). The van der Waals surface area contributed by atoms with Crippen LogP contribution < -0.4 is 4.90 Å². The van der Waals surface area contributed by atoms with E-state index in [1.165, 1.54) is 22.7 Å². The third-order valence-corrected chi connectivity index (χ3v) is 5.04. The summed E-state index contributed by atoms with van der Waals surface area (Å²) in [5.74, 6) is 0.826. The van der Waals surface area contributed by atoms with E-state index in [0.717, 1.165) is 29.5 Å². The Morgan fingerprint density at radius 1 is 1.05 bits per heavy atom. The van der Waals surface area contributed by atoms with E-state index < -0.39 is 0 Å². The van der Waals surface area contributed by atoms with Crippen LogP contribution in [0.25, 0.3) is 11.4 Å².